The molecule has 2 N–H and O–H groups in total. The van der Waals surface area contributed by atoms with E-state index in [1.807, 2.05) is 17.3 Å². The first kappa shape index (κ1) is 32.7. The van der Waals surface area contributed by atoms with Crippen molar-refractivity contribution in [2.24, 2.45) is 4.99 Å². The van der Waals surface area contributed by atoms with Gasteiger partial charge in [-0.1, -0.05) is 22.0 Å². The number of nitrogens with zero attached hydrogens (tertiary/aromatic N) is 4. The third-order valence-electron chi connectivity index (χ3n) is 5.59. The number of aliphatic hydroxyl groups excluding tert-OH is 1. The van der Waals surface area contributed by atoms with Crippen LogP contribution < -0.4 is 5.32 Å². The number of carbonyl (C=O) groups is 2. The molecule has 1 aromatic carbocycles. The van der Waals surface area contributed by atoms with Gasteiger partial charge in [0, 0.05) is 54.5 Å². The lowest BCUT2D eigenvalue weighted by atomic mass is 10.1. The number of carbonyl (C=O) groups excluding carboxylic acids is 2. The van der Waals surface area contributed by atoms with E-state index in [9.17, 15) is 14.0 Å². The third-order valence-corrected chi connectivity index (χ3v) is 6.86. The van der Waals surface area contributed by atoms with Crippen LogP contribution in [0.4, 0.5) is 4.39 Å². The van der Waals surface area contributed by atoms with E-state index >= 15 is 0 Å². The largest absolute Gasteiger partial charge is 0.463 e. The van der Waals surface area contributed by atoms with Gasteiger partial charge >= 0.3 is 5.97 Å². The highest BCUT2D eigenvalue weighted by Gasteiger charge is 2.29. The Morgan fingerprint density at radius 1 is 1.44 bits per heavy atom. The lowest BCUT2D eigenvalue weighted by molar-refractivity contribution is -0.138. The van der Waals surface area contributed by atoms with Crippen LogP contribution in [0.3, 0.4) is 0 Å². The van der Waals surface area contributed by atoms with Crippen molar-refractivity contribution in [2.45, 2.75) is 13.0 Å². The summed E-state index contributed by atoms with van der Waals surface area (Å²) in [4.78, 5) is 36.4. The summed E-state index contributed by atoms with van der Waals surface area (Å²) in [5.41, 5.74) is 1.33. The Kier molecular flexibility index (Phi) is 15.0. The van der Waals surface area contributed by atoms with Gasteiger partial charge in [-0.05, 0) is 32.2 Å². The number of likely N-dealkylation sites (N-methyl/N-ethyl adjacent to an activating group) is 1. The second kappa shape index (κ2) is 17.9. The van der Waals surface area contributed by atoms with Gasteiger partial charge in [-0.25, -0.2) is 14.2 Å². The number of esters is 1. The van der Waals surface area contributed by atoms with E-state index in [4.69, 9.17) is 14.6 Å². The average molecular weight is 629 g/mol. The molecule has 39 heavy (non-hydrogen) atoms. The number of morpholine rings is 1. The molecule has 1 saturated heterocycles. The maximum atomic E-state index is 12.5. The monoisotopic (exact) mass is 627 g/mol. The Hall–Kier alpha value is -2.55. The molecule has 0 spiro atoms. The predicted molar refractivity (Wildman–Crippen MR) is 152 cm³/mol. The van der Waals surface area contributed by atoms with Crippen LogP contribution in [0.1, 0.15) is 11.9 Å². The van der Waals surface area contributed by atoms with Gasteiger partial charge in [0.25, 0.3) is 0 Å². The van der Waals surface area contributed by atoms with Crippen LogP contribution in [0, 0.1) is 5.82 Å². The number of aromatic nitrogens is 1. The molecule has 0 aliphatic carbocycles. The van der Waals surface area contributed by atoms with E-state index < -0.39 is 0 Å². The van der Waals surface area contributed by atoms with E-state index in [2.05, 4.69) is 36.1 Å². The Morgan fingerprint density at radius 3 is 2.85 bits per heavy atom. The van der Waals surface area contributed by atoms with Crippen molar-refractivity contribution in [1.29, 1.82) is 0 Å². The number of aliphatic imine (C=N–C) groups is 1. The van der Waals surface area contributed by atoms with Crippen molar-refractivity contribution in [3.63, 3.8) is 0 Å². The van der Waals surface area contributed by atoms with E-state index in [0.29, 0.717) is 50.9 Å². The first-order chi connectivity index (χ1) is 18.9. The number of ether oxygens (including phenoxy) is 2. The standard InChI is InChI=1S/C19H27N5O4S.C6H4BrF.CH4O/c1-3-28-19(26)15-10-21-17(18-20-4-9-29-18)22-16(15)12-24-6-8-27-13-14(24)11-23(2)5-7-25;7-5-2-1-3-6(8)4-5;1-2/h4,7,9,14H,3,5-6,8,10-13H2,1-2H3,(H,21,22);1-4H;2H,1H3. The highest BCUT2D eigenvalue weighted by molar-refractivity contribution is 9.10. The zero-order valence-corrected chi connectivity index (χ0v) is 24.7. The minimum atomic E-state index is -0.347. The molecule has 13 heteroatoms. The maximum absolute atomic E-state index is 12.5. The summed E-state index contributed by atoms with van der Waals surface area (Å²) >= 11 is 4.62. The number of aldehydes is 1. The Labute approximate surface area is 240 Å². The molecule has 2 aromatic rings. The number of thiazole rings is 1. The minimum absolute atomic E-state index is 0.119. The number of nitrogens with one attached hydrogen (secondary N) is 1. The van der Waals surface area contributed by atoms with Gasteiger partial charge in [-0.2, -0.15) is 0 Å². The van der Waals surface area contributed by atoms with E-state index in [1.54, 1.807) is 25.3 Å². The van der Waals surface area contributed by atoms with Crippen molar-refractivity contribution in [2.75, 3.05) is 66.7 Å². The first-order valence-electron chi connectivity index (χ1n) is 12.3. The van der Waals surface area contributed by atoms with Crippen LogP contribution in [0.2, 0.25) is 0 Å². The van der Waals surface area contributed by atoms with Crippen LogP contribution in [-0.2, 0) is 19.1 Å². The highest BCUT2D eigenvalue weighted by Crippen LogP contribution is 2.18. The fourth-order valence-corrected chi connectivity index (χ4v) is 4.77. The van der Waals surface area contributed by atoms with Gasteiger partial charge in [0.1, 0.15) is 12.1 Å². The van der Waals surface area contributed by atoms with Gasteiger partial charge in [0.05, 0.1) is 38.5 Å². The van der Waals surface area contributed by atoms with Gasteiger partial charge < -0.3 is 24.7 Å². The molecule has 1 atom stereocenters. The second-order valence-electron chi connectivity index (χ2n) is 8.33. The Bertz CT molecular complexity index is 1080. The summed E-state index contributed by atoms with van der Waals surface area (Å²) in [5, 5.41) is 13.0. The fraction of sp³-hybridized carbons (Fsp3) is 0.462. The molecule has 3 heterocycles. The Morgan fingerprint density at radius 2 is 2.23 bits per heavy atom. The normalized spacial score (nSPS) is 17.2. The molecule has 214 valence electrons. The summed E-state index contributed by atoms with van der Waals surface area (Å²) in [5.74, 6) is 0.116. The summed E-state index contributed by atoms with van der Waals surface area (Å²) in [7, 11) is 2.91. The molecule has 2 aliphatic rings. The number of rotatable bonds is 9. The zero-order chi connectivity index (χ0) is 28.6. The highest BCUT2D eigenvalue weighted by atomic mass is 79.9. The number of hydrogen-bond donors (Lipinski definition) is 2. The van der Waals surface area contributed by atoms with Crippen LogP contribution in [0.25, 0.3) is 0 Å². The van der Waals surface area contributed by atoms with Crippen molar-refractivity contribution < 1.29 is 28.6 Å². The second-order valence-corrected chi connectivity index (χ2v) is 10.1. The number of amidine groups is 1. The van der Waals surface area contributed by atoms with E-state index in [0.717, 1.165) is 35.1 Å². The first-order valence-corrected chi connectivity index (χ1v) is 14.0. The molecule has 10 nitrogen and oxygen atoms in total. The molecule has 0 bridgehead atoms. The zero-order valence-electron chi connectivity index (χ0n) is 22.3. The van der Waals surface area contributed by atoms with Gasteiger partial charge in [-0.3, -0.25) is 14.8 Å². The molecular weight excluding hydrogens is 593 g/mol. The maximum Gasteiger partial charge on any atom is 0.337 e. The Balaban J connectivity index is 0.000000451. The molecule has 0 radical (unpaired) electrons. The number of aliphatic hydroxyl groups is 1. The molecular formula is C26H35BrFN5O5S. The van der Waals surface area contributed by atoms with E-state index in [1.165, 1.54) is 23.5 Å². The molecule has 4 rings (SSSR count). The topological polar surface area (TPSA) is 117 Å². The van der Waals surface area contributed by atoms with Crippen LogP contribution >= 0.6 is 27.3 Å². The molecule has 1 aromatic heterocycles. The van der Waals surface area contributed by atoms with Gasteiger partial charge in [0.2, 0.25) is 0 Å². The predicted octanol–water partition coefficient (Wildman–Crippen LogP) is 2.34. The minimum Gasteiger partial charge on any atom is -0.463 e. The molecule has 1 fully saturated rings. The molecule has 1 unspecified atom stereocenters. The summed E-state index contributed by atoms with van der Waals surface area (Å²) < 4.78 is 23.8. The number of benzene rings is 1. The van der Waals surface area contributed by atoms with Crippen molar-refractivity contribution in [3.8, 4) is 0 Å². The van der Waals surface area contributed by atoms with Crippen molar-refractivity contribution >= 4 is 45.4 Å². The van der Waals surface area contributed by atoms with Crippen LogP contribution in [0.5, 0.6) is 0 Å². The molecule has 0 amide bonds. The van der Waals surface area contributed by atoms with E-state index in [-0.39, 0.29) is 24.4 Å². The molecule has 0 saturated carbocycles. The SMILES string of the molecule is CCOC(=O)C1=C(CN2CCOCC2CN(C)CC=O)NC(c2nccs2)=NC1.CO.Fc1cccc(Br)c1. The summed E-state index contributed by atoms with van der Waals surface area (Å²) in [6, 6.07) is 6.38. The quantitative estimate of drug-likeness (QED) is 0.319. The van der Waals surface area contributed by atoms with Crippen molar-refractivity contribution in [1.82, 2.24) is 20.1 Å². The fourth-order valence-electron chi connectivity index (χ4n) is 3.80. The summed E-state index contributed by atoms with van der Waals surface area (Å²) in [6.07, 6.45) is 2.63. The van der Waals surface area contributed by atoms with Gasteiger partial charge in [-0.15, -0.1) is 11.3 Å². The average Bonchev–Trinajstić information content (AvgIpc) is 3.47. The van der Waals surface area contributed by atoms with Crippen molar-refractivity contribution in [3.05, 3.63) is 62.4 Å². The molecule has 2 aliphatic heterocycles. The third kappa shape index (κ3) is 10.9. The number of halogens is 2. The lowest BCUT2D eigenvalue weighted by Gasteiger charge is -2.38. The van der Waals surface area contributed by atoms with Gasteiger partial charge in [0.15, 0.2) is 10.8 Å². The summed E-state index contributed by atoms with van der Waals surface area (Å²) in [6.45, 7) is 5.94. The van der Waals surface area contributed by atoms with Crippen LogP contribution in [-0.4, -0.2) is 111 Å². The lowest BCUT2D eigenvalue weighted by Crippen LogP contribution is -2.52. The van der Waals surface area contributed by atoms with Crippen LogP contribution in [0.15, 0.2) is 56.6 Å². The number of hydrogen-bond acceptors (Lipinski definition) is 11. The smallest absolute Gasteiger partial charge is 0.337 e.